The molecule has 0 amide bonds. The third kappa shape index (κ3) is 2.75. The van der Waals surface area contributed by atoms with E-state index in [2.05, 4.69) is 19.7 Å². The van der Waals surface area contributed by atoms with Gasteiger partial charge >= 0.3 is 11.9 Å². The number of para-hydroxylation sites is 1. The topological polar surface area (TPSA) is 87.1 Å². The van der Waals surface area contributed by atoms with Gasteiger partial charge in [-0.1, -0.05) is 23.8 Å². The summed E-state index contributed by atoms with van der Waals surface area (Å²) in [5, 5.41) is 4.48. The molecule has 3 rings (SSSR count). The Hall–Kier alpha value is -3.73. The van der Waals surface area contributed by atoms with E-state index in [4.69, 9.17) is 11.3 Å². The molecule has 0 aliphatic heterocycles. The molecule has 0 spiro atoms. The van der Waals surface area contributed by atoms with Gasteiger partial charge in [-0.15, -0.1) is 5.10 Å². The van der Waals surface area contributed by atoms with Crippen LogP contribution in [-0.4, -0.2) is 33.6 Å². The molecule has 1 aromatic carbocycles. The van der Waals surface area contributed by atoms with Crippen LogP contribution in [0.3, 0.4) is 0 Å². The molecule has 0 saturated carbocycles. The van der Waals surface area contributed by atoms with Crippen LogP contribution in [0.4, 0.5) is 5.69 Å². The number of methoxy groups -OCH3 is 1. The number of rotatable bonds is 3. The van der Waals surface area contributed by atoms with E-state index in [1.807, 2.05) is 0 Å². The fraction of sp³-hybridized carbons (Fsp3) is 0.167. The highest BCUT2D eigenvalue weighted by Gasteiger charge is 2.28. The molecular formula is C18H14N4O4. The SMILES string of the molecule is [C-]#[N+]c1c(C(=O)Oc2ccccc2)c2nc(C(=O)OC)nn2c1=C(C)C. The first-order chi connectivity index (χ1) is 12.5. The summed E-state index contributed by atoms with van der Waals surface area (Å²) in [4.78, 5) is 32.0. The normalized spacial score (nSPS) is 10.4. The Morgan fingerprint density at radius 3 is 2.42 bits per heavy atom. The standard InChI is InChI=1S/C18H14N4O4/c1-10(2)14-13(19-3)12(17(23)26-11-8-6-5-7-9-11)16-20-15(18(24)25-4)21-22(14)16/h5-9H,1-2,4H3. The second kappa shape index (κ2) is 6.64. The lowest BCUT2D eigenvalue weighted by atomic mass is 10.2. The van der Waals surface area contributed by atoms with E-state index in [0.29, 0.717) is 11.1 Å². The van der Waals surface area contributed by atoms with Crippen LogP contribution in [0.5, 0.6) is 5.75 Å². The van der Waals surface area contributed by atoms with Crippen molar-refractivity contribution in [2.24, 2.45) is 0 Å². The first kappa shape index (κ1) is 17.1. The Bertz CT molecular complexity index is 1110. The number of carbonyl (C=O) groups is 2. The lowest BCUT2D eigenvalue weighted by molar-refractivity contribution is 0.0586. The Morgan fingerprint density at radius 2 is 1.85 bits per heavy atom. The second-order valence-electron chi connectivity index (χ2n) is 5.55. The van der Waals surface area contributed by atoms with Gasteiger partial charge in [0.1, 0.15) is 11.3 Å². The number of benzene rings is 1. The van der Waals surface area contributed by atoms with Gasteiger partial charge in [-0.3, -0.25) is 0 Å². The number of nitrogens with zero attached hydrogens (tertiary/aromatic N) is 4. The molecule has 26 heavy (non-hydrogen) atoms. The molecular weight excluding hydrogens is 336 g/mol. The van der Waals surface area contributed by atoms with Crippen LogP contribution < -0.4 is 10.1 Å². The average molecular weight is 350 g/mol. The number of hydrogen-bond acceptors (Lipinski definition) is 6. The molecule has 8 nitrogen and oxygen atoms in total. The van der Waals surface area contributed by atoms with Gasteiger partial charge in [-0.25, -0.2) is 23.9 Å². The smallest absolute Gasteiger partial charge is 0.377 e. The van der Waals surface area contributed by atoms with Gasteiger partial charge in [0.25, 0.3) is 5.82 Å². The number of fused-ring (bicyclic) bond motifs is 1. The highest BCUT2D eigenvalue weighted by atomic mass is 16.5. The molecule has 0 saturated heterocycles. The van der Waals surface area contributed by atoms with Crippen LogP contribution in [-0.2, 0) is 4.74 Å². The molecule has 0 fully saturated rings. The van der Waals surface area contributed by atoms with E-state index in [0.717, 1.165) is 5.57 Å². The predicted octanol–water partition coefficient (Wildman–Crippen LogP) is 2.20. The molecule has 0 N–H and O–H groups in total. The Labute approximate surface area is 148 Å². The van der Waals surface area contributed by atoms with Gasteiger partial charge < -0.3 is 9.47 Å². The summed E-state index contributed by atoms with van der Waals surface area (Å²) in [5.74, 6) is -1.35. The summed E-state index contributed by atoms with van der Waals surface area (Å²) >= 11 is 0. The van der Waals surface area contributed by atoms with Crippen LogP contribution in [0.1, 0.15) is 34.8 Å². The summed E-state index contributed by atoms with van der Waals surface area (Å²) < 4.78 is 11.3. The lowest BCUT2D eigenvalue weighted by Crippen LogP contribution is -2.14. The molecule has 0 aliphatic carbocycles. The number of hydrogen-bond donors (Lipinski definition) is 0. The molecule has 0 radical (unpaired) electrons. The van der Waals surface area contributed by atoms with E-state index < -0.39 is 11.9 Å². The Morgan fingerprint density at radius 1 is 1.15 bits per heavy atom. The van der Waals surface area contributed by atoms with Gasteiger partial charge in [-0.2, -0.15) is 0 Å². The summed E-state index contributed by atoms with van der Waals surface area (Å²) in [7, 11) is 1.21. The van der Waals surface area contributed by atoms with E-state index in [-0.39, 0.29) is 22.7 Å². The summed E-state index contributed by atoms with van der Waals surface area (Å²) in [6, 6.07) is 8.48. The lowest BCUT2D eigenvalue weighted by Gasteiger charge is -2.02. The molecule has 0 atom stereocenters. The van der Waals surface area contributed by atoms with Crippen LogP contribution in [0.2, 0.25) is 0 Å². The molecule has 0 aliphatic rings. The predicted molar refractivity (Wildman–Crippen MR) is 92.0 cm³/mol. The summed E-state index contributed by atoms with van der Waals surface area (Å²) in [5.41, 5.74) is 0.856. The van der Waals surface area contributed by atoms with E-state index in [9.17, 15) is 9.59 Å². The van der Waals surface area contributed by atoms with Crippen molar-refractivity contribution in [2.75, 3.05) is 7.11 Å². The van der Waals surface area contributed by atoms with Crippen molar-refractivity contribution in [3.8, 4) is 5.75 Å². The number of esters is 2. The minimum atomic E-state index is -0.747. The van der Waals surface area contributed by atoms with Crippen LogP contribution in [0.25, 0.3) is 16.1 Å². The van der Waals surface area contributed by atoms with Gasteiger partial charge in [0.05, 0.1) is 19.0 Å². The number of carbonyl (C=O) groups excluding carboxylic acids is 2. The minimum Gasteiger partial charge on any atom is -0.463 e. The summed E-state index contributed by atoms with van der Waals surface area (Å²) in [6.07, 6.45) is 0. The third-order valence-corrected chi connectivity index (χ3v) is 3.61. The summed E-state index contributed by atoms with van der Waals surface area (Å²) in [6.45, 7) is 11.0. The van der Waals surface area contributed by atoms with E-state index in [1.165, 1.54) is 11.6 Å². The third-order valence-electron chi connectivity index (χ3n) is 3.61. The van der Waals surface area contributed by atoms with E-state index in [1.54, 1.807) is 44.2 Å². The maximum Gasteiger partial charge on any atom is 0.377 e. The zero-order valence-corrected chi connectivity index (χ0v) is 14.3. The van der Waals surface area contributed by atoms with E-state index >= 15 is 0 Å². The van der Waals surface area contributed by atoms with Crippen molar-refractivity contribution in [1.82, 2.24) is 14.6 Å². The zero-order chi connectivity index (χ0) is 18.8. The average Bonchev–Trinajstić information content (AvgIpc) is 3.17. The molecule has 2 aromatic heterocycles. The van der Waals surface area contributed by atoms with Crippen molar-refractivity contribution in [2.45, 2.75) is 13.8 Å². The Balaban J connectivity index is 2.25. The van der Waals surface area contributed by atoms with Gasteiger partial charge in [0.15, 0.2) is 5.65 Å². The first-order valence-corrected chi connectivity index (χ1v) is 7.60. The first-order valence-electron chi connectivity index (χ1n) is 7.60. The van der Waals surface area contributed by atoms with Crippen molar-refractivity contribution >= 4 is 28.8 Å². The van der Waals surface area contributed by atoms with Gasteiger partial charge in [0.2, 0.25) is 5.69 Å². The molecule has 3 aromatic rings. The number of ether oxygens (including phenoxy) is 2. The second-order valence-corrected chi connectivity index (χ2v) is 5.55. The molecule has 0 unspecified atom stereocenters. The van der Waals surface area contributed by atoms with Crippen LogP contribution in [0.15, 0.2) is 30.3 Å². The Kier molecular flexibility index (Phi) is 4.37. The number of aromatic nitrogens is 3. The van der Waals surface area contributed by atoms with Crippen LogP contribution >= 0.6 is 0 Å². The van der Waals surface area contributed by atoms with Crippen molar-refractivity contribution in [3.63, 3.8) is 0 Å². The molecule has 0 bridgehead atoms. The molecule has 130 valence electrons. The molecule has 2 heterocycles. The van der Waals surface area contributed by atoms with Crippen molar-refractivity contribution < 1.29 is 19.1 Å². The fourth-order valence-electron chi connectivity index (χ4n) is 2.52. The highest BCUT2D eigenvalue weighted by Crippen LogP contribution is 2.24. The van der Waals surface area contributed by atoms with Crippen molar-refractivity contribution in [3.05, 3.63) is 58.5 Å². The largest absolute Gasteiger partial charge is 0.463 e. The van der Waals surface area contributed by atoms with Gasteiger partial charge in [0, 0.05) is 0 Å². The quantitative estimate of drug-likeness (QED) is 0.409. The fourth-order valence-corrected chi connectivity index (χ4v) is 2.52. The van der Waals surface area contributed by atoms with Gasteiger partial charge in [-0.05, 0) is 26.0 Å². The maximum absolute atomic E-state index is 12.7. The zero-order valence-electron chi connectivity index (χ0n) is 14.3. The highest BCUT2D eigenvalue weighted by molar-refractivity contribution is 6.04. The minimum absolute atomic E-state index is 0.0392. The maximum atomic E-state index is 12.7. The molecule has 8 heteroatoms. The van der Waals surface area contributed by atoms with Crippen LogP contribution in [0, 0.1) is 6.57 Å². The monoisotopic (exact) mass is 350 g/mol. The van der Waals surface area contributed by atoms with Crippen molar-refractivity contribution in [1.29, 1.82) is 0 Å².